The molecule has 0 aliphatic heterocycles. The molecule has 0 spiro atoms. The molecule has 0 aliphatic carbocycles. The fourth-order valence-corrected chi connectivity index (χ4v) is 2.82. The van der Waals surface area contributed by atoms with E-state index in [1.807, 2.05) is 18.2 Å². The summed E-state index contributed by atoms with van der Waals surface area (Å²) in [6.07, 6.45) is 1.58. The number of pyridine rings is 1. The Morgan fingerprint density at radius 1 is 1.18 bits per heavy atom. The van der Waals surface area contributed by atoms with E-state index in [4.69, 9.17) is 17.3 Å². The first-order valence-corrected chi connectivity index (χ1v) is 7.57. The van der Waals surface area contributed by atoms with Crippen molar-refractivity contribution in [2.75, 3.05) is 11.1 Å². The van der Waals surface area contributed by atoms with Crippen LogP contribution in [0, 0.1) is 0 Å². The summed E-state index contributed by atoms with van der Waals surface area (Å²) >= 11 is 6.94. The Morgan fingerprint density at radius 3 is 2.64 bits per heavy atom. The number of anilines is 3. The fourth-order valence-electron chi connectivity index (χ4n) is 1.84. The Labute approximate surface area is 135 Å². The Bertz CT molecular complexity index is 802. The van der Waals surface area contributed by atoms with Crippen LogP contribution in [0.4, 0.5) is 16.6 Å². The quantitative estimate of drug-likeness (QED) is 0.562. The van der Waals surface area contributed by atoms with Crippen LogP contribution in [-0.2, 0) is 0 Å². The maximum absolute atomic E-state index is 12.4. The number of nitrogens with one attached hydrogen (secondary N) is 1. The van der Waals surface area contributed by atoms with E-state index in [1.165, 1.54) is 11.3 Å². The summed E-state index contributed by atoms with van der Waals surface area (Å²) in [5.41, 5.74) is 7.16. The van der Waals surface area contributed by atoms with Gasteiger partial charge in [0.2, 0.25) is 5.78 Å². The molecule has 3 N–H and O–H groups in total. The molecule has 5 nitrogen and oxygen atoms in total. The number of aromatic nitrogens is 2. The number of carbonyl (C=O) groups excluding carboxylic acids is 1. The van der Waals surface area contributed by atoms with Gasteiger partial charge in [0.05, 0.1) is 11.9 Å². The number of halogens is 1. The van der Waals surface area contributed by atoms with Crippen molar-refractivity contribution in [3.63, 3.8) is 0 Å². The number of nitrogen functional groups attached to an aromatic ring is 1. The van der Waals surface area contributed by atoms with Gasteiger partial charge in [0.1, 0.15) is 15.8 Å². The number of hydrogen-bond donors (Lipinski definition) is 2. The van der Waals surface area contributed by atoms with E-state index < -0.39 is 0 Å². The Hall–Kier alpha value is -2.44. The summed E-state index contributed by atoms with van der Waals surface area (Å²) in [5.74, 6) is 0.0705. The first kappa shape index (κ1) is 14.5. The molecule has 0 saturated heterocycles. The third-order valence-corrected chi connectivity index (χ3v) is 4.08. The van der Waals surface area contributed by atoms with E-state index in [0.717, 1.165) is 5.69 Å². The van der Waals surface area contributed by atoms with Crippen LogP contribution in [-0.4, -0.2) is 15.8 Å². The highest BCUT2D eigenvalue weighted by atomic mass is 35.5. The minimum absolute atomic E-state index is 0.141. The molecule has 110 valence electrons. The van der Waals surface area contributed by atoms with Crippen LogP contribution in [0.3, 0.4) is 0 Å². The van der Waals surface area contributed by atoms with Gasteiger partial charge in [-0.3, -0.25) is 4.79 Å². The van der Waals surface area contributed by atoms with Crippen molar-refractivity contribution in [2.24, 2.45) is 0 Å². The first-order chi connectivity index (χ1) is 10.6. The molecule has 0 amide bonds. The lowest BCUT2D eigenvalue weighted by Gasteiger charge is -2.00. The van der Waals surface area contributed by atoms with Crippen molar-refractivity contribution in [2.45, 2.75) is 0 Å². The highest BCUT2D eigenvalue weighted by Crippen LogP contribution is 2.29. The maximum atomic E-state index is 12.4. The van der Waals surface area contributed by atoms with Crippen LogP contribution in [0.2, 0.25) is 5.15 Å². The number of rotatable bonds is 4. The highest BCUT2D eigenvalue weighted by molar-refractivity contribution is 7.18. The largest absolute Gasteiger partial charge is 0.382 e. The molecule has 0 unspecified atom stereocenters. The van der Waals surface area contributed by atoms with Crippen molar-refractivity contribution in [3.8, 4) is 0 Å². The van der Waals surface area contributed by atoms with Crippen LogP contribution in [0.1, 0.15) is 15.2 Å². The summed E-state index contributed by atoms with van der Waals surface area (Å²) in [5, 5.41) is 3.99. The lowest BCUT2D eigenvalue weighted by Crippen LogP contribution is -2.02. The lowest BCUT2D eigenvalue weighted by molar-refractivity contribution is 0.104. The summed E-state index contributed by atoms with van der Waals surface area (Å²) in [6.45, 7) is 0. The van der Waals surface area contributed by atoms with E-state index in [2.05, 4.69) is 15.3 Å². The lowest BCUT2D eigenvalue weighted by atomic mass is 10.1. The van der Waals surface area contributed by atoms with Crippen molar-refractivity contribution in [1.82, 2.24) is 9.97 Å². The van der Waals surface area contributed by atoms with Gasteiger partial charge in [-0.2, -0.15) is 0 Å². The zero-order valence-electron chi connectivity index (χ0n) is 11.3. The Kier molecular flexibility index (Phi) is 4.04. The topological polar surface area (TPSA) is 80.9 Å². The van der Waals surface area contributed by atoms with Gasteiger partial charge in [0.15, 0.2) is 5.13 Å². The molecule has 3 rings (SSSR count). The highest BCUT2D eigenvalue weighted by Gasteiger charge is 2.17. The number of carbonyl (C=O) groups is 1. The molecular formula is C15H11ClN4OS. The van der Waals surface area contributed by atoms with Crippen molar-refractivity contribution in [3.05, 3.63) is 64.3 Å². The first-order valence-electron chi connectivity index (χ1n) is 6.38. The number of hydrogen-bond acceptors (Lipinski definition) is 6. The van der Waals surface area contributed by atoms with Crippen molar-refractivity contribution in [1.29, 1.82) is 0 Å². The van der Waals surface area contributed by atoms with Gasteiger partial charge < -0.3 is 11.1 Å². The van der Waals surface area contributed by atoms with Gasteiger partial charge in [0.25, 0.3) is 0 Å². The molecule has 3 aromatic rings. The fraction of sp³-hybridized carbons (Fsp3) is 0. The molecule has 0 atom stereocenters. The number of nitrogens with zero attached hydrogens (tertiary/aromatic N) is 2. The van der Waals surface area contributed by atoms with E-state index >= 15 is 0 Å². The second kappa shape index (κ2) is 6.13. The SMILES string of the molecule is Nc1nc(Nc2ccc(Cl)nc2)sc1C(=O)c1ccccc1. The molecular weight excluding hydrogens is 320 g/mol. The summed E-state index contributed by atoms with van der Waals surface area (Å²) in [4.78, 5) is 21.0. The zero-order chi connectivity index (χ0) is 15.5. The molecule has 2 heterocycles. The van der Waals surface area contributed by atoms with E-state index in [0.29, 0.717) is 20.7 Å². The summed E-state index contributed by atoms with van der Waals surface area (Å²) in [6, 6.07) is 12.4. The standard InChI is InChI=1S/C15H11ClN4OS/c16-11-7-6-10(8-18-11)19-15-20-14(17)13(22-15)12(21)9-4-2-1-3-5-9/h1-8H,17H2,(H,19,20). The van der Waals surface area contributed by atoms with Crippen LogP contribution in [0.25, 0.3) is 0 Å². The van der Waals surface area contributed by atoms with Gasteiger partial charge in [-0.05, 0) is 12.1 Å². The van der Waals surface area contributed by atoms with E-state index in [-0.39, 0.29) is 11.6 Å². The molecule has 0 bridgehead atoms. The summed E-state index contributed by atoms with van der Waals surface area (Å²) in [7, 11) is 0. The third kappa shape index (κ3) is 3.08. The predicted molar refractivity (Wildman–Crippen MR) is 88.9 cm³/mol. The van der Waals surface area contributed by atoms with Gasteiger partial charge in [-0.25, -0.2) is 9.97 Å². The van der Waals surface area contributed by atoms with Gasteiger partial charge in [0, 0.05) is 5.56 Å². The molecule has 0 fully saturated rings. The van der Waals surface area contributed by atoms with Crippen molar-refractivity contribution >= 4 is 45.4 Å². The van der Waals surface area contributed by atoms with Crippen LogP contribution < -0.4 is 11.1 Å². The third-order valence-electron chi connectivity index (χ3n) is 2.87. The molecule has 22 heavy (non-hydrogen) atoms. The van der Waals surface area contributed by atoms with Crippen molar-refractivity contribution < 1.29 is 4.79 Å². The summed E-state index contributed by atoms with van der Waals surface area (Å²) < 4.78 is 0. The zero-order valence-corrected chi connectivity index (χ0v) is 12.9. The average molecular weight is 331 g/mol. The molecule has 0 aliphatic rings. The van der Waals surface area contributed by atoms with Crippen LogP contribution in [0.5, 0.6) is 0 Å². The average Bonchev–Trinajstić information content (AvgIpc) is 2.90. The Balaban J connectivity index is 1.85. The van der Waals surface area contributed by atoms with Crippen LogP contribution >= 0.6 is 22.9 Å². The van der Waals surface area contributed by atoms with Gasteiger partial charge in [-0.15, -0.1) is 0 Å². The minimum Gasteiger partial charge on any atom is -0.382 e. The smallest absolute Gasteiger partial charge is 0.206 e. The predicted octanol–water partition coefficient (Wildman–Crippen LogP) is 3.75. The number of ketones is 1. The number of thiazole rings is 1. The van der Waals surface area contributed by atoms with Crippen LogP contribution in [0.15, 0.2) is 48.7 Å². The molecule has 0 radical (unpaired) electrons. The molecule has 0 saturated carbocycles. The number of benzene rings is 1. The van der Waals surface area contributed by atoms with Gasteiger partial charge in [-0.1, -0.05) is 53.3 Å². The normalized spacial score (nSPS) is 10.4. The second-order valence-electron chi connectivity index (χ2n) is 4.42. The van der Waals surface area contributed by atoms with Gasteiger partial charge >= 0.3 is 0 Å². The molecule has 7 heteroatoms. The monoisotopic (exact) mass is 330 g/mol. The van der Waals surface area contributed by atoms with E-state index in [1.54, 1.807) is 30.5 Å². The second-order valence-corrected chi connectivity index (χ2v) is 5.81. The Morgan fingerprint density at radius 2 is 1.95 bits per heavy atom. The minimum atomic E-state index is -0.141. The molecule has 2 aromatic heterocycles. The number of nitrogens with two attached hydrogens (primary N) is 1. The van der Waals surface area contributed by atoms with E-state index in [9.17, 15) is 4.79 Å². The molecule has 1 aromatic carbocycles. The maximum Gasteiger partial charge on any atom is 0.206 e.